The number of hydrogen-bond donors (Lipinski definition) is 1. The molecule has 1 aliphatic rings. The molecule has 1 atom stereocenters. The fourth-order valence-corrected chi connectivity index (χ4v) is 2.91. The molecule has 7 heteroatoms. The van der Waals surface area contributed by atoms with Gasteiger partial charge >= 0.3 is 6.18 Å². The van der Waals surface area contributed by atoms with Gasteiger partial charge in [0.2, 0.25) is 11.8 Å². The van der Waals surface area contributed by atoms with Crippen LogP contribution in [0, 0.1) is 5.92 Å². The topological polar surface area (TPSA) is 49.4 Å². The summed E-state index contributed by atoms with van der Waals surface area (Å²) in [6.45, 7) is 4.53. The van der Waals surface area contributed by atoms with Crippen molar-refractivity contribution in [3.63, 3.8) is 0 Å². The number of carbonyl (C=O) groups excluding carboxylic acids is 2. The Morgan fingerprint density at radius 2 is 2.04 bits per heavy atom. The van der Waals surface area contributed by atoms with Crippen LogP contribution in [0.3, 0.4) is 0 Å². The molecule has 1 N–H and O–H groups in total. The van der Waals surface area contributed by atoms with Gasteiger partial charge in [-0.1, -0.05) is 26.0 Å². The van der Waals surface area contributed by atoms with E-state index in [0.717, 1.165) is 18.6 Å². The summed E-state index contributed by atoms with van der Waals surface area (Å²) in [6.07, 6.45) is -3.00. The van der Waals surface area contributed by atoms with Gasteiger partial charge in [-0.2, -0.15) is 13.2 Å². The maximum atomic E-state index is 13.0. The van der Waals surface area contributed by atoms with Gasteiger partial charge in [0, 0.05) is 25.9 Å². The number of hydrogen-bond acceptors (Lipinski definition) is 2. The average molecular weight is 356 g/mol. The molecule has 1 aromatic rings. The predicted molar refractivity (Wildman–Crippen MR) is 87.6 cm³/mol. The molecule has 0 saturated carbocycles. The number of alkyl halides is 3. The molecule has 0 spiro atoms. The number of nitrogens with one attached hydrogen (secondary N) is 1. The number of carbonyl (C=O) groups is 2. The third-order valence-electron chi connectivity index (χ3n) is 4.12. The fraction of sp³-hybridized carbons (Fsp3) is 0.556. The summed E-state index contributed by atoms with van der Waals surface area (Å²) in [5.41, 5.74) is -0.410. The van der Waals surface area contributed by atoms with E-state index in [4.69, 9.17) is 0 Å². The molecule has 138 valence electrons. The van der Waals surface area contributed by atoms with Crippen LogP contribution in [-0.4, -0.2) is 29.8 Å². The number of amides is 2. The van der Waals surface area contributed by atoms with Gasteiger partial charge in [-0.3, -0.25) is 9.59 Å². The van der Waals surface area contributed by atoms with Crippen molar-refractivity contribution in [1.82, 2.24) is 10.2 Å². The molecule has 25 heavy (non-hydrogen) atoms. The van der Waals surface area contributed by atoms with E-state index < -0.39 is 17.8 Å². The van der Waals surface area contributed by atoms with Crippen molar-refractivity contribution in [3.8, 4) is 0 Å². The molecule has 1 aromatic carbocycles. The van der Waals surface area contributed by atoms with Gasteiger partial charge in [0.25, 0.3) is 0 Å². The van der Waals surface area contributed by atoms with Gasteiger partial charge in [-0.05, 0) is 30.0 Å². The highest BCUT2D eigenvalue weighted by Crippen LogP contribution is 2.31. The standard InChI is InChI=1S/C18H23F3N2O2/c1-12(2)9-16(24)22-15(11-23-8-4-7-17(23)25)13-5-3-6-14(10-13)18(19,20)21/h3,5-6,10,12,15H,4,7-9,11H2,1-2H3,(H,22,24). The molecule has 1 saturated heterocycles. The van der Waals surface area contributed by atoms with E-state index in [0.29, 0.717) is 18.5 Å². The first-order valence-electron chi connectivity index (χ1n) is 8.41. The summed E-state index contributed by atoms with van der Waals surface area (Å²) < 4.78 is 38.9. The minimum atomic E-state index is -4.45. The zero-order valence-electron chi connectivity index (χ0n) is 14.4. The van der Waals surface area contributed by atoms with Gasteiger partial charge in [-0.25, -0.2) is 0 Å². The number of nitrogens with zero attached hydrogens (tertiary/aromatic N) is 1. The summed E-state index contributed by atoms with van der Waals surface area (Å²) in [6, 6.07) is 4.26. The zero-order chi connectivity index (χ0) is 18.6. The molecule has 0 aliphatic carbocycles. The third-order valence-corrected chi connectivity index (χ3v) is 4.12. The van der Waals surface area contributed by atoms with Crippen molar-refractivity contribution < 1.29 is 22.8 Å². The van der Waals surface area contributed by atoms with Crippen molar-refractivity contribution in [3.05, 3.63) is 35.4 Å². The normalized spacial score (nSPS) is 16.4. The van der Waals surface area contributed by atoms with E-state index in [1.807, 2.05) is 13.8 Å². The fourth-order valence-electron chi connectivity index (χ4n) is 2.91. The van der Waals surface area contributed by atoms with Crippen LogP contribution in [0.5, 0.6) is 0 Å². The van der Waals surface area contributed by atoms with Crippen molar-refractivity contribution in [2.24, 2.45) is 5.92 Å². The van der Waals surface area contributed by atoms with Gasteiger partial charge in [-0.15, -0.1) is 0 Å². The Bertz CT molecular complexity index is 629. The summed E-state index contributed by atoms with van der Waals surface area (Å²) in [5.74, 6) is -0.130. The Labute approximate surface area is 145 Å². The molecule has 1 unspecified atom stereocenters. The molecule has 1 heterocycles. The lowest BCUT2D eigenvalue weighted by Crippen LogP contribution is -2.39. The minimum absolute atomic E-state index is 0.0323. The summed E-state index contributed by atoms with van der Waals surface area (Å²) in [7, 11) is 0. The van der Waals surface area contributed by atoms with Crippen LogP contribution >= 0.6 is 0 Å². The van der Waals surface area contributed by atoms with Crippen LogP contribution in [-0.2, 0) is 15.8 Å². The first-order valence-corrected chi connectivity index (χ1v) is 8.41. The second kappa shape index (κ2) is 7.89. The van der Waals surface area contributed by atoms with Crippen LogP contribution in [0.15, 0.2) is 24.3 Å². The number of rotatable bonds is 6. The van der Waals surface area contributed by atoms with Crippen molar-refractivity contribution in [2.45, 2.75) is 45.3 Å². The van der Waals surface area contributed by atoms with E-state index in [2.05, 4.69) is 5.32 Å². The Morgan fingerprint density at radius 1 is 1.32 bits per heavy atom. The lowest BCUT2D eigenvalue weighted by molar-refractivity contribution is -0.137. The highest BCUT2D eigenvalue weighted by molar-refractivity contribution is 5.79. The lowest BCUT2D eigenvalue weighted by Gasteiger charge is -2.26. The maximum absolute atomic E-state index is 13.0. The van der Waals surface area contributed by atoms with Crippen LogP contribution in [0.25, 0.3) is 0 Å². The molecule has 0 aromatic heterocycles. The van der Waals surface area contributed by atoms with Crippen LogP contribution in [0.2, 0.25) is 0 Å². The Kier molecular flexibility index (Phi) is 6.08. The highest BCUT2D eigenvalue weighted by Gasteiger charge is 2.32. The SMILES string of the molecule is CC(C)CC(=O)NC(CN1CCCC1=O)c1cccc(C(F)(F)F)c1. The molecule has 2 amide bonds. The average Bonchev–Trinajstić information content (AvgIpc) is 2.90. The Hall–Kier alpha value is -2.05. The molecule has 0 bridgehead atoms. The van der Waals surface area contributed by atoms with E-state index >= 15 is 0 Å². The molecule has 1 fully saturated rings. The van der Waals surface area contributed by atoms with Crippen LogP contribution in [0.1, 0.15) is 50.3 Å². The van der Waals surface area contributed by atoms with Gasteiger partial charge in [0.1, 0.15) is 0 Å². The van der Waals surface area contributed by atoms with Crippen molar-refractivity contribution >= 4 is 11.8 Å². The summed E-state index contributed by atoms with van der Waals surface area (Å²) in [4.78, 5) is 25.6. The lowest BCUT2D eigenvalue weighted by atomic mass is 10.0. The van der Waals surface area contributed by atoms with Gasteiger partial charge in [0.15, 0.2) is 0 Å². The van der Waals surface area contributed by atoms with Crippen molar-refractivity contribution in [2.75, 3.05) is 13.1 Å². The Morgan fingerprint density at radius 3 is 2.60 bits per heavy atom. The largest absolute Gasteiger partial charge is 0.416 e. The van der Waals surface area contributed by atoms with E-state index in [1.165, 1.54) is 6.07 Å². The highest BCUT2D eigenvalue weighted by atomic mass is 19.4. The zero-order valence-corrected chi connectivity index (χ0v) is 14.4. The van der Waals surface area contributed by atoms with E-state index in [9.17, 15) is 22.8 Å². The van der Waals surface area contributed by atoms with Crippen LogP contribution in [0.4, 0.5) is 13.2 Å². The molecule has 2 rings (SSSR count). The van der Waals surface area contributed by atoms with Gasteiger partial charge in [0.05, 0.1) is 11.6 Å². The molecule has 4 nitrogen and oxygen atoms in total. The number of halogens is 3. The van der Waals surface area contributed by atoms with E-state index in [1.54, 1.807) is 11.0 Å². The minimum Gasteiger partial charge on any atom is -0.347 e. The monoisotopic (exact) mass is 356 g/mol. The molecular formula is C18H23F3N2O2. The molecule has 1 aliphatic heterocycles. The van der Waals surface area contributed by atoms with Crippen molar-refractivity contribution in [1.29, 1.82) is 0 Å². The van der Waals surface area contributed by atoms with E-state index in [-0.39, 0.29) is 30.7 Å². The number of benzene rings is 1. The summed E-state index contributed by atoms with van der Waals surface area (Å²) >= 11 is 0. The quantitative estimate of drug-likeness (QED) is 0.848. The van der Waals surface area contributed by atoms with Gasteiger partial charge < -0.3 is 10.2 Å². The molecular weight excluding hydrogens is 333 g/mol. The Balaban J connectivity index is 2.23. The van der Waals surface area contributed by atoms with Crippen LogP contribution < -0.4 is 5.32 Å². The first-order chi connectivity index (χ1) is 11.7. The molecule has 0 radical (unpaired) electrons. The first kappa shape index (κ1) is 19.3. The second-order valence-electron chi connectivity index (χ2n) is 6.78. The third kappa shape index (κ3) is 5.47. The smallest absolute Gasteiger partial charge is 0.347 e. The maximum Gasteiger partial charge on any atom is 0.416 e. The predicted octanol–water partition coefficient (Wildman–Crippen LogP) is 3.53. The summed E-state index contributed by atoms with van der Waals surface area (Å²) in [5, 5.41) is 2.79. The second-order valence-corrected chi connectivity index (χ2v) is 6.78. The number of likely N-dealkylation sites (tertiary alicyclic amines) is 1.